The number of aromatic amines is 1. The molecule has 0 fully saturated rings. The third-order valence-electron chi connectivity index (χ3n) is 5.26. The van der Waals surface area contributed by atoms with Crippen LogP contribution in [0.15, 0.2) is 36.8 Å². The fourth-order valence-electron chi connectivity index (χ4n) is 3.25. The Labute approximate surface area is 202 Å². The number of carboxylic acid groups (broad SMARTS) is 1. The summed E-state index contributed by atoms with van der Waals surface area (Å²) in [6.45, 7) is 4.87. The van der Waals surface area contributed by atoms with Gasteiger partial charge < -0.3 is 36.9 Å². The van der Waals surface area contributed by atoms with Crippen LogP contribution in [0, 0.1) is 5.92 Å². The number of phenols is 1. The van der Waals surface area contributed by atoms with Gasteiger partial charge in [0.2, 0.25) is 17.7 Å². The summed E-state index contributed by atoms with van der Waals surface area (Å²) in [5, 5.41) is 26.7. The van der Waals surface area contributed by atoms with E-state index in [2.05, 4.69) is 25.9 Å². The first kappa shape index (κ1) is 27.3. The van der Waals surface area contributed by atoms with Gasteiger partial charge in [0, 0.05) is 24.7 Å². The average Bonchev–Trinajstić information content (AvgIpc) is 3.30. The highest BCUT2D eigenvalue weighted by atomic mass is 16.4. The number of hydrogen-bond donors (Lipinski definition) is 7. The lowest BCUT2D eigenvalue weighted by atomic mass is 10.00. The molecule has 12 nitrogen and oxygen atoms in total. The van der Waals surface area contributed by atoms with Crippen molar-refractivity contribution in [3.05, 3.63) is 48.0 Å². The second-order valence-corrected chi connectivity index (χ2v) is 8.63. The molecule has 0 spiro atoms. The van der Waals surface area contributed by atoms with E-state index in [0.717, 1.165) is 0 Å². The number of carbonyl (C=O) groups is 4. The predicted molar refractivity (Wildman–Crippen MR) is 126 cm³/mol. The highest BCUT2D eigenvalue weighted by Crippen LogP contribution is 2.12. The maximum Gasteiger partial charge on any atom is 0.326 e. The highest BCUT2D eigenvalue weighted by Gasteiger charge is 2.32. The number of nitrogens with one attached hydrogen (secondary N) is 4. The normalized spacial score (nSPS) is 14.4. The van der Waals surface area contributed by atoms with Gasteiger partial charge in [0.05, 0.1) is 12.4 Å². The molecule has 8 N–H and O–H groups in total. The van der Waals surface area contributed by atoms with Gasteiger partial charge in [0.15, 0.2) is 0 Å². The van der Waals surface area contributed by atoms with Crippen molar-refractivity contribution in [2.24, 2.45) is 11.7 Å². The van der Waals surface area contributed by atoms with Gasteiger partial charge in [-0.15, -0.1) is 0 Å². The van der Waals surface area contributed by atoms with Crippen LogP contribution >= 0.6 is 0 Å². The zero-order chi connectivity index (χ0) is 26.1. The third-order valence-corrected chi connectivity index (χ3v) is 5.26. The zero-order valence-corrected chi connectivity index (χ0v) is 19.8. The molecule has 3 amide bonds. The number of benzene rings is 1. The summed E-state index contributed by atoms with van der Waals surface area (Å²) in [5.41, 5.74) is 6.81. The van der Waals surface area contributed by atoms with Crippen molar-refractivity contribution < 1.29 is 29.4 Å². The average molecular weight is 489 g/mol. The molecule has 12 heteroatoms. The Kier molecular flexibility index (Phi) is 9.76. The summed E-state index contributed by atoms with van der Waals surface area (Å²) < 4.78 is 0. The molecule has 0 saturated heterocycles. The summed E-state index contributed by atoms with van der Waals surface area (Å²) in [7, 11) is 0. The van der Waals surface area contributed by atoms with E-state index in [1.54, 1.807) is 26.0 Å². The highest BCUT2D eigenvalue weighted by molar-refractivity contribution is 5.94. The molecule has 0 aliphatic rings. The third kappa shape index (κ3) is 8.41. The maximum absolute atomic E-state index is 13.1. The van der Waals surface area contributed by atoms with Crippen LogP contribution in [0.5, 0.6) is 5.75 Å². The van der Waals surface area contributed by atoms with Gasteiger partial charge in [-0.05, 0) is 30.5 Å². The van der Waals surface area contributed by atoms with Crippen molar-refractivity contribution >= 4 is 23.7 Å². The number of H-pyrrole nitrogens is 1. The molecule has 1 aromatic heterocycles. The van der Waals surface area contributed by atoms with Crippen molar-refractivity contribution in [3.8, 4) is 5.75 Å². The molecule has 0 saturated carbocycles. The number of nitrogens with zero attached hydrogens (tertiary/aromatic N) is 1. The molecule has 0 aliphatic carbocycles. The van der Waals surface area contributed by atoms with Gasteiger partial charge in [-0.3, -0.25) is 14.4 Å². The standard InChI is InChI=1S/C23H32N6O6/c1-12(2)19(22(33)28-18(23(34)35)9-15-10-25-11-26-15)29-21(32)17(27-20(31)13(3)24)8-14-4-6-16(30)7-5-14/h4-7,10-13,17-19,30H,8-9,24H2,1-3H3,(H,25,26)(H,27,31)(H,28,33)(H,29,32)(H,34,35). The lowest BCUT2D eigenvalue weighted by Gasteiger charge is -2.27. The molecule has 2 rings (SSSR count). The Morgan fingerprint density at radius 3 is 2.09 bits per heavy atom. The number of phenolic OH excluding ortho intramolecular Hbond substituents is 1. The van der Waals surface area contributed by atoms with Crippen LogP contribution in [-0.2, 0) is 32.0 Å². The Bertz CT molecular complexity index is 1010. The van der Waals surface area contributed by atoms with Gasteiger partial charge in [-0.2, -0.15) is 0 Å². The first-order valence-electron chi connectivity index (χ1n) is 11.1. The molecule has 1 aromatic carbocycles. The summed E-state index contributed by atoms with van der Waals surface area (Å²) in [5.74, 6) is -3.45. The second kappa shape index (κ2) is 12.5. The number of carboxylic acids is 1. The van der Waals surface area contributed by atoms with Crippen LogP contribution < -0.4 is 21.7 Å². The first-order chi connectivity index (χ1) is 16.5. The summed E-state index contributed by atoms with van der Waals surface area (Å²) in [6, 6.07) is 1.87. The van der Waals surface area contributed by atoms with Crippen LogP contribution in [0.3, 0.4) is 0 Å². The predicted octanol–water partition coefficient (Wildman–Crippen LogP) is -0.557. The van der Waals surface area contributed by atoms with Crippen LogP contribution in [0.25, 0.3) is 0 Å². The number of aliphatic carboxylic acids is 1. The molecular formula is C23H32N6O6. The van der Waals surface area contributed by atoms with Crippen molar-refractivity contribution in [2.45, 2.75) is 57.8 Å². The fourth-order valence-corrected chi connectivity index (χ4v) is 3.25. The van der Waals surface area contributed by atoms with E-state index in [1.165, 1.54) is 31.6 Å². The first-order valence-corrected chi connectivity index (χ1v) is 11.1. The molecule has 4 atom stereocenters. The fraction of sp³-hybridized carbons (Fsp3) is 0.435. The van der Waals surface area contributed by atoms with Gasteiger partial charge in [0.25, 0.3) is 0 Å². The summed E-state index contributed by atoms with van der Waals surface area (Å²) in [6.07, 6.45) is 2.92. The monoisotopic (exact) mass is 488 g/mol. The Morgan fingerprint density at radius 2 is 1.57 bits per heavy atom. The van der Waals surface area contributed by atoms with Crippen molar-refractivity contribution in [1.82, 2.24) is 25.9 Å². The van der Waals surface area contributed by atoms with Gasteiger partial charge in [-0.25, -0.2) is 9.78 Å². The maximum atomic E-state index is 13.1. The quantitative estimate of drug-likeness (QED) is 0.206. The van der Waals surface area contributed by atoms with Crippen LogP contribution in [0.4, 0.5) is 0 Å². The van der Waals surface area contributed by atoms with Gasteiger partial charge in [-0.1, -0.05) is 26.0 Å². The minimum Gasteiger partial charge on any atom is -0.508 e. The van der Waals surface area contributed by atoms with E-state index in [-0.39, 0.29) is 24.5 Å². The Balaban J connectivity index is 2.17. The molecular weight excluding hydrogens is 456 g/mol. The lowest BCUT2D eigenvalue weighted by Crippen LogP contribution is -2.58. The van der Waals surface area contributed by atoms with Crippen molar-refractivity contribution in [1.29, 1.82) is 0 Å². The van der Waals surface area contributed by atoms with E-state index < -0.39 is 47.9 Å². The van der Waals surface area contributed by atoms with E-state index >= 15 is 0 Å². The van der Waals surface area contributed by atoms with Crippen molar-refractivity contribution in [2.75, 3.05) is 0 Å². The molecule has 1 heterocycles. The van der Waals surface area contributed by atoms with Crippen LogP contribution in [0.1, 0.15) is 32.0 Å². The number of rotatable bonds is 12. The number of aromatic nitrogens is 2. The molecule has 0 radical (unpaired) electrons. The van der Waals surface area contributed by atoms with Gasteiger partial charge in [0.1, 0.15) is 23.9 Å². The largest absolute Gasteiger partial charge is 0.508 e. The lowest BCUT2D eigenvalue weighted by molar-refractivity contribution is -0.142. The Morgan fingerprint density at radius 1 is 0.943 bits per heavy atom. The molecule has 0 bridgehead atoms. The second-order valence-electron chi connectivity index (χ2n) is 8.63. The summed E-state index contributed by atoms with van der Waals surface area (Å²) in [4.78, 5) is 56.6. The minimum atomic E-state index is -1.24. The number of aromatic hydroxyl groups is 1. The number of amides is 3. The van der Waals surface area contributed by atoms with Gasteiger partial charge >= 0.3 is 5.97 Å². The van der Waals surface area contributed by atoms with Crippen molar-refractivity contribution in [3.63, 3.8) is 0 Å². The molecule has 2 aromatic rings. The molecule has 0 aliphatic heterocycles. The number of hydrogen-bond acceptors (Lipinski definition) is 7. The minimum absolute atomic E-state index is 0.0201. The SMILES string of the molecule is CC(N)C(=O)NC(Cc1ccc(O)cc1)C(=O)NC(C(=O)NC(Cc1cnc[nH]1)C(=O)O)C(C)C. The van der Waals surface area contributed by atoms with Crippen LogP contribution in [-0.4, -0.2) is 68.0 Å². The van der Waals surface area contributed by atoms with E-state index in [9.17, 15) is 29.4 Å². The Hall–Kier alpha value is -3.93. The molecule has 190 valence electrons. The number of nitrogens with two attached hydrogens (primary N) is 1. The van der Waals surface area contributed by atoms with Crippen LogP contribution in [0.2, 0.25) is 0 Å². The summed E-state index contributed by atoms with van der Waals surface area (Å²) >= 11 is 0. The van der Waals surface area contributed by atoms with E-state index in [4.69, 9.17) is 5.73 Å². The molecule has 35 heavy (non-hydrogen) atoms. The molecule has 4 unspecified atom stereocenters. The zero-order valence-electron chi connectivity index (χ0n) is 19.8. The van der Waals surface area contributed by atoms with E-state index in [0.29, 0.717) is 11.3 Å². The topological polar surface area (TPSA) is 200 Å². The number of carbonyl (C=O) groups excluding carboxylic acids is 3. The number of imidazole rings is 1. The van der Waals surface area contributed by atoms with E-state index in [1.807, 2.05) is 0 Å². The smallest absolute Gasteiger partial charge is 0.326 e.